The van der Waals surface area contributed by atoms with E-state index in [1.165, 1.54) is 9.44 Å². The Morgan fingerprint density at radius 2 is 1.89 bits per heavy atom. The van der Waals surface area contributed by atoms with E-state index in [2.05, 4.69) is 21.0 Å². The van der Waals surface area contributed by atoms with E-state index in [4.69, 9.17) is 16.3 Å². The van der Waals surface area contributed by atoms with Crippen molar-refractivity contribution in [2.75, 3.05) is 0 Å². The van der Waals surface area contributed by atoms with Gasteiger partial charge in [0.1, 0.15) is 18.0 Å². The summed E-state index contributed by atoms with van der Waals surface area (Å²) >= 11 is 8.20. The predicted octanol–water partition coefficient (Wildman–Crippen LogP) is 5.44. The molecule has 182 valence electrons. The number of aliphatic hydroxyl groups is 1. The molecule has 0 fully saturated rings. The van der Waals surface area contributed by atoms with Crippen LogP contribution in [0.15, 0.2) is 40.6 Å². The summed E-state index contributed by atoms with van der Waals surface area (Å²) in [4.78, 5) is 28.0. The predicted molar refractivity (Wildman–Crippen MR) is 139 cm³/mol. The molecule has 0 aliphatic rings. The molecule has 3 heterocycles. The second-order valence-corrected chi connectivity index (χ2v) is 10.6. The Hall–Kier alpha value is -3.07. The summed E-state index contributed by atoms with van der Waals surface area (Å²) in [6, 6.07) is 7.41. The van der Waals surface area contributed by atoms with Gasteiger partial charge in [0.25, 0.3) is 5.56 Å². The van der Waals surface area contributed by atoms with E-state index in [0.29, 0.717) is 46.1 Å². The zero-order valence-corrected chi connectivity index (χ0v) is 22.1. The van der Waals surface area contributed by atoms with E-state index in [-0.39, 0.29) is 5.56 Å². The first-order valence-electron chi connectivity index (χ1n) is 11.1. The van der Waals surface area contributed by atoms with Crippen LogP contribution in [0.2, 0.25) is 5.02 Å². The summed E-state index contributed by atoms with van der Waals surface area (Å²) in [7, 11) is 0. The van der Waals surface area contributed by atoms with Crippen molar-refractivity contribution in [2.24, 2.45) is 0 Å². The minimum Gasteiger partial charge on any atom is -0.472 e. The highest BCUT2D eigenvalue weighted by Gasteiger charge is 2.22. The van der Waals surface area contributed by atoms with Gasteiger partial charge in [0, 0.05) is 22.2 Å². The van der Waals surface area contributed by atoms with Gasteiger partial charge >= 0.3 is 0 Å². The van der Waals surface area contributed by atoms with Crippen molar-refractivity contribution in [1.29, 1.82) is 0 Å². The van der Waals surface area contributed by atoms with Crippen molar-refractivity contribution in [3.8, 4) is 22.8 Å². The van der Waals surface area contributed by atoms with Crippen LogP contribution in [0.25, 0.3) is 16.9 Å². The van der Waals surface area contributed by atoms with Crippen molar-refractivity contribution in [2.45, 2.75) is 53.8 Å². The SMILES string of the molecule is Cc1cc(COc2nc(C)n(-c3cc(-c4nc(C(C)(C)O)ncc4C)ccc3Cl)c(=O)c2C)cs1. The van der Waals surface area contributed by atoms with Gasteiger partial charge in [0.2, 0.25) is 5.88 Å². The highest BCUT2D eigenvalue weighted by atomic mass is 35.5. The number of aromatic nitrogens is 4. The topological polar surface area (TPSA) is 90.1 Å². The molecule has 0 radical (unpaired) electrons. The molecule has 35 heavy (non-hydrogen) atoms. The molecule has 1 aromatic carbocycles. The lowest BCUT2D eigenvalue weighted by Gasteiger charge is -2.18. The van der Waals surface area contributed by atoms with E-state index < -0.39 is 5.60 Å². The zero-order chi connectivity index (χ0) is 25.5. The molecule has 0 aliphatic carbocycles. The number of hydrogen-bond acceptors (Lipinski definition) is 7. The molecule has 0 saturated carbocycles. The minimum absolute atomic E-state index is 0.260. The highest BCUT2D eigenvalue weighted by molar-refractivity contribution is 7.10. The summed E-state index contributed by atoms with van der Waals surface area (Å²) in [5.41, 5.74) is 2.70. The molecule has 0 spiro atoms. The van der Waals surface area contributed by atoms with E-state index in [1.807, 2.05) is 25.3 Å². The fourth-order valence-corrected chi connectivity index (χ4v) is 4.59. The molecule has 4 rings (SSSR count). The largest absolute Gasteiger partial charge is 0.472 e. The third-order valence-corrected chi connectivity index (χ3v) is 6.80. The normalized spacial score (nSPS) is 11.7. The Morgan fingerprint density at radius 1 is 1.14 bits per heavy atom. The van der Waals surface area contributed by atoms with Crippen LogP contribution in [0, 0.1) is 27.7 Å². The van der Waals surface area contributed by atoms with Crippen molar-refractivity contribution in [3.05, 3.63) is 84.4 Å². The van der Waals surface area contributed by atoms with Crippen LogP contribution in [-0.4, -0.2) is 24.6 Å². The van der Waals surface area contributed by atoms with Gasteiger partial charge in [-0.05, 0) is 70.7 Å². The van der Waals surface area contributed by atoms with Crippen LogP contribution in [-0.2, 0) is 12.2 Å². The van der Waals surface area contributed by atoms with Gasteiger partial charge in [-0.25, -0.2) is 9.97 Å². The van der Waals surface area contributed by atoms with E-state index in [9.17, 15) is 9.90 Å². The summed E-state index contributed by atoms with van der Waals surface area (Å²) in [5.74, 6) is 1.07. The highest BCUT2D eigenvalue weighted by Crippen LogP contribution is 2.30. The standard InChI is InChI=1S/C26H27ClN4O3S/c1-14-11-28-25(26(5,6)33)30-22(14)19-7-8-20(27)21(10-19)31-17(4)29-23(16(3)24(31)32)34-12-18-9-15(2)35-13-18/h7-11,13,33H,12H2,1-6H3. The Morgan fingerprint density at radius 3 is 2.54 bits per heavy atom. The first-order chi connectivity index (χ1) is 16.5. The molecule has 7 nitrogen and oxygen atoms in total. The van der Waals surface area contributed by atoms with Gasteiger partial charge < -0.3 is 9.84 Å². The molecular formula is C26H27ClN4O3S. The van der Waals surface area contributed by atoms with Crippen LogP contribution < -0.4 is 10.3 Å². The van der Waals surface area contributed by atoms with Crippen molar-refractivity contribution in [1.82, 2.24) is 19.5 Å². The lowest BCUT2D eigenvalue weighted by molar-refractivity contribution is 0.0688. The molecular weight excluding hydrogens is 484 g/mol. The van der Waals surface area contributed by atoms with Gasteiger partial charge in [-0.15, -0.1) is 11.3 Å². The third-order valence-electron chi connectivity index (χ3n) is 5.57. The van der Waals surface area contributed by atoms with Crippen LogP contribution >= 0.6 is 22.9 Å². The van der Waals surface area contributed by atoms with Gasteiger partial charge in [0.05, 0.1) is 22.0 Å². The average molecular weight is 511 g/mol. The van der Waals surface area contributed by atoms with E-state index in [1.54, 1.807) is 57.4 Å². The van der Waals surface area contributed by atoms with Crippen molar-refractivity contribution < 1.29 is 9.84 Å². The fraction of sp³-hybridized carbons (Fsp3) is 0.308. The molecule has 0 unspecified atom stereocenters. The molecule has 0 amide bonds. The number of hydrogen-bond donors (Lipinski definition) is 1. The maximum Gasteiger partial charge on any atom is 0.264 e. The Bertz CT molecular complexity index is 1470. The molecule has 0 saturated heterocycles. The second-order valence-electron chi connectivity index (χ2n) is 9.03. The molecule has 0 aliphatic heterocycles. The Labute approximate surface area is 213 Å². The summed E-state index contributed by atoms with van der Waals surface area (Å²) in [5, 5.41) is 12.8. The number of ether oxygens (including phenoxy) is 1. The number of rotatable bonds is 6. The molecule has 1 N–H and O–H groups in total. The summed E-state index contributed by atoms with van der Waals surface area (Å²) in [6.07, 6.45) is 1.67. The smallest absolute Gasteiger partial charge is 0.264 e. The van der Waals surface area contributed by atoms with Gasteiger partial charge in [0.15, 0.2) is 5.82 Å². The Kier molecular flexibility index (Phi) is 6.81. The molecule has 4 aromatic rings. The fourth-order valence-electron chi connectivity index (χ4n) is 3.70. The van der Waals surface area contributed by atoms with Gasteiger partial charge in [-0.3, -0.25) is 9.36 Å². The van der Waals surface area contributed by atoms with Crippen molar-refractivity contribution >= 4 is 22.9 Å². The summed E-state index contributed by atoms with van der Waals surface area (Å²) in [6.45, 7) is 11.0. The summed E-state index contributed by atoms with van der Waals surface area (Å²) < 4.78 is 7.36. The van der Waals surface area contributed by atoms with E-state index in [0.717, 1.165) is 16.7 Å². The lowest BCUT2D eigenvalue weighted by Crippen LogP contribution is -2.25. The number of aryl methyl sites for hydroxylation is 3. The Balaban J connectivity index is 1.76. The quantitative estimate of drug-likeness (QED) is 0.371. The molecule has 9 heteroatoms. The number of nitrogens with zero attached hydrogens (tertiary/aromatic N) is 4. The van der Waals surface area contributed by atoms with Crippen LogP contribution in [0.3, 0.4) is 0 Å². The van der Waals surface area contributed by atoms with Crippen LogP contribution in [0.4, 0.5) is 0 Å². The monoisotopic (exact) mass is 510 g/mol. The molecule has 3 aromatic heterocycles. The maximum absolute atomic E-state index is 13.4. The minimum atomic E-state index is -1.19. The van der Waals surface area contributed by atoms with Crippen LogP contribution in [0.1, 0.15) is 47.1 Å². The average Bonchev–Trinajstić information content (AvgIpc) is 3.21. The number of thiophene rings is 1. The zero-order valence-electron chi connectivity index (χ0n) is 20.5. The maximum atomic E-state index is 13.4. The van der Waals surface area contributed by atoms with Gasteiger partial charge in [-0.2, -0.15) is 4.98 Å². The number of benzene rings is 1. The number of halogens is 1. The third kappa shape index (κ3) is 5.15. The first kappa shape index (κ1) is 25.0. The molecule has 0 bridgehead atoms. The van der Waals surface area contributed by atoms with E-state index >= 15 is 0 Å². The lowest BCUT2D eigenvalue weighted by atomic mass is 10.0. The van der Waals surface area contributed by atoms with Crippen molar-refractivity contribution in [3.63, 3.8) is 0 Å². The van der Waals surface area contributed by atoms with Crippen LogP contribution in [0.5, 0.6) is 5.88 Å². The second kappa shape index (κ2) is 9.53. The van der Waals surface area contributed by atoms with Gasteiger partial charge in [-0.1, -0.05) is 17.7 Å². The molecule has 0 atom stereocenters. The first-order valence-corrected chi connectivity index (χ1v) is 12.4.